The van der Waals surface area contributed by atoms with Gasteiger partial charge in [0.2, 0.25) is 0 Å². The highest BCUT2D eigenvalue weighted by Crippen LogP contribution is 2.07. The molecule has 0 aliphatic heterocycles. The van der Waals surface area contributed by atoms with E-state index < -0.39 is 5.09 Å². The van der Waals surface area contributed by atoms with E-state index in [1.165, 1.54) is 11.3 Å². The van der Waals surface area contributed by atoms with E-state index in [1.54, 1.807) is 6.07 Å². The van der Waals surface area contributed by atoms with Crippen molar-refractivity contribution in [1.82, 2.24) is 5.32 Å². The van der Waals surface area contributed by atoms with Crippen LogP contribution in [0.15, 0.2) is 17.5 Å². The smallest absolute Gasteiger partial charge is 0.294 e. The van der Waals surface area contributed by atoms with Crippen LogP contribution in [0.25, 0.3) is 0 Å². The summed E-state index contributed by atoms with van der Waals surface area (Å²) in [5.41, 5.74) is 0. The Morgan fingerprint density at radius 2 is 2.57 bits per heavy atom. The summed E-state index contributed by atoms with van der Waals surface area (Å²) in [5, 5.41) is 21.0. The fraction of sp³-hybridized carbons (Fsp3) is 0.286. The molecule has 1 rings (SSSR count). The molecular formula is C7H9N3O3S. The lowest BCUT2D eigenvalue weighted by Gasteiger charge is -2.04. The van der Waals surface area contributed by atoms with E-state index in [4.69, 9.17) is 5.41 Å². The largest absolute Gasteiger partial charge is 0.367 e. The maximum atomic E-state index is 9.78. The van der Waals surface area contributed by atoms with E-state index in [-0.39, 0.29) is 19.0 Å². The lowest BCUT2D eigenvalue weighted by molar-refractivity contribution is -0.757. The third kappa shape index (κ3) is 3.40. The van der Waals surface area contributed by atoms with Gasteiger partial charge in [0.05, 0.1) is 4.88 Å². The van der Waals surface area contributed by atoms with Gasteiger partial charge >= 0.3 is 0 Å². The Hall–Kier alpha value is -1.63. The van der Waals surface area contributed by atoms with E-state index in [2.05, 4.69) is 10.2 Å². The molecular weight excluding hydrogens is 206 g/mol. The predicted octanol–water partition coefficient (Wildman–Crippen LogP) is 0.871. The van der Waals surface area contributed by atoms with Gasteiger partial charge in [0.1, 0.15) is 12.4 Å². The molecule has 0 saturated carbocycles. The van der Waals surface area contributed by atoms with Crippen molar-refractivity contribution in [2.24, 2.45) is 0 Å². The lowest BCUT2D eigenvalue weighted by atomic mass is 10.4. The molecule has 0 spiro atoms. The lowest BCUT2D eigenvalue weighted by Crippen LogP contribution is -2.27. The Labute approximate surface area is 84.1 Å². The molecule has 6 nitrogen and oxygen atoms in total. The van der Waals surface area contributed by atoms with Crippen molar-refractivity contribution in [3.05, 3.63) is 32.5 Å². The zero-order chi connectivity index (χ0) is 10.4. The van der Waals surface area contributed by atoms with Gasteiger partial charge in [-0.25, -0.2) is 0 Å². The number of thiophene rings is 1. The molecule has 0 amide bonds. The van der Waals surface area contributed by atoms with Gasteiger partial charge in [-0.2, -0.15) is 0 Å². The third-order valence-corrected chi connectivity index (χ3v) is 2.26. The Kier molecular flexibility index (Phi) is 3.86. The van der Waals surface area contributed by atoms with Crippen LogP contribution >= 0.6 is 11.3 Å². The summed E-state index contributed by atoms with van der Waals surface area (Å²) in [7, 11) is 0. The van der Waals surface area contributed by atoms with E-state index >= 15 is 0 Å². The van der Waals surface area contributed by atoms with E-state index in [0.717, 1.165) is 4.88 Å². The molecule has 0 atom stereocenters. The summed E-state index contributed by atoms with van der Waals surface area (Å²) in [4.78, 5) is 14.6. The summed E-state index contributed by atoms with van der Waals surface area (Å²) in [6.45, 7) is 0.193. The van der Waals surface area contributed by atoms with Crippen molar-refractivity contribution in [1.29, 1.82) is 5.41 Å². The standard InChI is InChI=1S/C7H9N3O3S/c8-7(6-2-1-5-14-6)9-3-4-13-10(11)12/h1-2,5H,3-4H2,(H2,8,9). The molecule has 1 heterocycles. The first-order chi connectivity index (χ1) is 6.70. The van der Waals surface area contributed by atoms with Gasteiger partial charge in [-0.3, -0.25) is 5.41 Å². The molecule has 0 aliphatic carbocycles. The van der Waals surface area contributed by atoms with Crippen molar-refractivity contribution in [3.63, 3.8) is 0 Å². The molecule has 1 aromatic heterocycles. The SMILES string of the molecule is N=C(NCCO[N+](=O)[O-])c1cccs1. The highest BCUT2D eigenvalue weighted by atomic mass is 32.1. The highest BCUT2D eigenvalue weighted by Gasteiger charge is 2.01. The van der Waals surface area contributed by atoms with Crippen LogP contribution in [0.3, 0.4) is 0 Å². The molecule has 0 fully saturated rings. The molecule has 7 heteroatoms. The summed E-state index contributed by atoms with van der Waals surface area (Å²) >= 11 is 1.43. The fourth-order valence-corrected chi connectivity index (χ4v) is 1.46. The number of amidine groups is 1. The summed E-state index contributed by atoms with van der Waals surface area (Å²) in [5.74, 6) is 0.256. The van der Waals surface area contributed by atoms with Gasteiger partial charge in [0.25, 0.3) is 5.09 Å². The van der Waals surface area contributed by atoms with Crippen LogP contribution in [-0.4, -0.2) is 24.1 Å². The van der Waals surface area contributed by atoms with Gasteiger partial charge in [0.15, 0.2) is 0 Å². The molecule has 2 N–H and O–H groups in total. The molecule has 14 heavy (non-hydrogen) atoms. The van der Waals surface area contributed by atoms with Gasteiger partial charge in [-0.05, 0) is 11.4 Å². The Balaban J connectivity index is 2.19. The maximum Gasteiger partial charge on any atom is 0.294 e. The monoisotopic (exact) mass is 215 g/mol. The van der Waals surface area contributed by atoms with Crippen LogP contribution in [0.2, 0.25) is 0 Å². The van der Waals surface area contributed by atoms with Crippen LogP contribution in [0.5, 0.6) is 0 Å². The molecule has 0 aromatic carbocycles. The molecule has 76 valence electrons. The van der Waals surface area contributed by atoms with Gasteiger partial charge < -0.3 is 10.2 Å². The third-order valence-electron chi connectivity index (χ3n) is 1.37. The second-order valence-electron chi connectivity index (χ2n) is 2.34. The molecule has 0 bridgehead atoms. The van der Waals surface area contributed by atoms with Crippen molar-refractivity contribution in [2.75, 3.05) is 13.2 Å². The minimum atomic E-state index is -0.851. The van der Waals surface area contributed by atoms with Gasteiger partial charge in [0, 0.05) is 6.54 Å². The Bertz CT molecular complexity index is 312. The molecule has 0 aliphatic rings. The van der Waals surface area contributed by atoms with Crippen molar-refractivity contribution in [2.45, 2.75) is 0 Å². The van der Waals surface area contributed by atoms with Crippen molar-refractivity contribution >= 4 is 17.2 Å². The zero-order valence-corrected chi connectivity index (χ0v) is 8.04. The second kappa shape index (κ2) is 5.18. The summed E-state index contributed by atoms with van der Waals surface area (Å²) in [6.07, 6.45) is 0. The minimum Gasteiger partial charge on any atom is -0.367 e. The first-order valence-electron chi connectivity index (χ1n) is 3.84. The topological polar surface area (TPSA) is 88.2 Å². The first kappa shape index (κ1) is 10.5. The van der Waals surface area contributed by atoms with Crippen LogP contribution in [-0.2, 0) is 4.84 Å². The summed E-state index contributed by atoms with van der Waals surface area (Å²) in [6, 6.07) is 3.64. The van der Waals surface area contributed by atoms with Crippen molar-refractivity contribution in [3.8, 4) is 0 Å². The zero-order valence-electron chi connectivity index (χ0n) is 7.23. The molecule has 1 aromatic rings. The second-order valence-corrected chi connectivity index (χ2v) is 3.28. The van der Waals surface area contributed by atoms with E-state index in [1.807, 2.05) is 11.4 Å². The summed E-state index contributed by atoms with van der Waals surface area (Å²) < 4.78 is 0. The molecule has 0 unspecified atom stereocenters. The molecule has 0 radical (unpaired) electrons. The highest BCUT2D eigenvalue weighted by molar-refractivity contribution is 7.12. The fourth-order valence-electron chi connectivity index (χ4n) is 0.804. The van der Waals surface area contributed by atoms with Crippen LogP contribution in [0.1, 0.15) is 4.88 Å². The van der Waals surface area contributed by atoms with Crippen molar-refractivity contribution < 1.29 is 9.92 Å². The Morgan fingerprint density at radius 1 is 1.79 bits per heavy atom. The average molecular weight is 215 g/mol. The minimum absolute atomic E-state index is 0.0548. The first-order valence-corrected chi connectivity index (χ1v) is 4.71. The van der Waals surface area contributed by atoms with Crippen LogP contribution in [0, 0.1) is 15.5 Å². The number of rotatable bonds is 5. The number of nitrogens with one attached hydrogen (secondary N) is 2. The molecule has 0 saturated heterocycles. The quantitative estimate of drug-likeness (QED) is 0.251. The Morgan fingerprint density at radius 3 is 3.14 bits per heavy atom. The average Bonchev–Trinajstić information content (AvgIpc) is 2.64. The normalized spacial score (nSPS) is 9.43. The van der Waals surface area contributed by atoms with Gasteiger partial charge in [-0.1, -0.05) is 6.07 Å². The maximum absolute atomic E-state index is 9.78. The van der Waals surface area contributed by atoms with E-state index in [9.17, 15) is 10.1 Å². The number of nitrogens with zero attached hydrogens (tertiary/aromatic N) is 1. The number of hydrogen-bond donors (Lipinski definition) is 2. The number of hydrogen-bond acceptors (Lipinski definition) is 5. The van der Waals surface area contributed by atoms with Gasteiger partial charge in [-0.15, -0.1) is 21.5 Å². The van der Waals surface area contributed by atoms with Crippen LogP contribution in [0.4, 0.5) is 0 Å². The van der Waals surface area contributed by atoms with Crippen LogP contribution < -0.4 is 5.32 Å². The predicted molar refractivity (Wildman–Crippen MR) is 52.1 cm³/mol. The van der Waals surface area contributed by atoms with E-state index in [0.29, 0.717) is 0 Å².